The van der Waals surface area contributed by atoms with Crippen LogP contribution in [0, 0.1) is 0 Å². The van der Waals surface area contributed by atoms with Gasteiger partial charge in [-0.1, -0.05) is 18.2 Å². The van der Waals surface area contributed by atoms with Gasteiger partial charge in [-0.2, -0.15) is 0 Å². The molecule has 2 amide bonds. The molecule has 1 saturated heterocycles. The van der Waals surface area contributed by atoms with Crippen LogP contribution < -0.4 is 0 Å². The Bertz CT molecular complexity index is 797. The molecule has 1 aromatic carbocycles. The highest BCUT2D eigenvalue weighted by molar-refractivity contribution is 7.80. The molecule has 6 heteroatoms. The highest BCUT2D eigenvalue weighted by Crippen LogP contribution is 2.19. The fourth-order valence-electron chi connectivity index (χ4n) is 2.40. The zero-order valence-electron chi connectivity index (χ0n) is 12.8. The molecule has 2 heterocycles. The number of hydrogen-bond acceptors (Lipinski definition) is 3. The zero-order valence-corrected chi connectivity index (χ0v) is 13.6. The number of likely N-dealkylation sites (N-methyl/N-ethyl adjacent to an activating group) is 2. The Morgan fingerprint density at radius 1 is 0.957 bits per heavy atom. The van der Waals surface area contributed by atoms with E-state index in [1.165, 1.54) is 9.80 Å². The summed E-state index contributed by atoms with van der Waals surface area (Å²) in [4.78, 5) is 27.2. The SMILES string of the molecule is CN1C(=O)C(=Cc2ccn(-c3ccccc3)c2)C(=O)N(C)C1=S. The Hall–Kier alpha value is -2.73. The maximum Gasteiger partial charge on any atom is 0.265 e. The van der Waals surface area contributed by atoms with Crippen LogP contribution in [0.4, 0.5) is 0 Å². The van der Waals surface area contributed by atoms with Crippen molar-refractivity contribution in [3.05, 3.63) is 59.9 Å². The largest absolute Gasteiger partial charge is 0.323 e. The van der Waals surface area contributed by atoms with Gasteiger partial charge in [0, 0.05) is 32.2 Å². The number of benzene rings is 1. The number of carbonyl (C=O) groups is 2. The van der Waals surface area contributed by atoms with Gasteiger partial charge in [0.2, 0.25) is 0 Å². The molecular formula is C17H15N3O2S. The smallest absolute Gasteiger partial charge is 0.265 e. The van der Waals surface area contributed by atoms with E-state index in [1.54, 1.807) is 20.2 Å². The fraction of sp³-hybridized carbons (Fsp3) is 0.118. The summed E-state index contributed by atoms with van der Waals surface area (Å²) in [7, 11) is 3.13. The van der Waals surface area contributed by atoms with Crippen LogP contribution in [0.5, 0.6) is 0 Å². The monoisotopic (exact) mass is 325 g/mol. The first kappa shape index (κ1) is 15.2. The molecule has 0 radical (unpaired) electrons. The molecule has 0 N–H and O–H groups in total. The van der Waals surface area contributed by atoms with E-state index in [1.807, 2.05) is 53.4 Å². The average Bonchev–Trinajstić information content (AvgIpc) is 3.05. The van der Waals surface area contributed by atoms with Gasteiger partial charge in [0.05, 0.1) is 0 Å². The summed E-state index contributed by atoms with van der Waals surface area (Å²) in [5, 5.41) is 0.207. The van der Waals surface area contributed by atoms with Crippen LogP contribution in [-0.4, -0.2) is 45.4 Å². The molecule has 2 aromatic rings. The average molecular weight is 325 g/mol. The second kappa shape index (κ2) is 5.81. The molecule has 0 unspecified atom stereocenters. The molecule has 1 aliphatic heterocycles. The van der Waals surface area contributed by atoms with E-state index < -0.39 is 0 Å². The third kappa shape index (κ3) is 2.68. The number of thiocarbonyl (C=S) groups is 1. The lowest BCUT2D eigenvalue weighted by Gasteiger charge is -2.31. The van der Waals surface area contributed by atoms with E-state index in [4.69, 9.17) is 12.2 Å². The number of para-hydroxylation sites is 1. The van der Waals surface area contributed by atoms with Gasteiger partial charge in [-0.05, 0) is 42.1 Å². The van der Waals surface area contributed by atoms with Crippen LogP contribution in [0.15, 0.2) is 54.4 Å². The number of amides is 2. The second-order valence-corrected chi connectivity index (χ2v) is 5.62. The second-order valence-electron chi connectivity index (χ2n) is 5.26. The molecule has 0 atom stereocenters. The zero-order chi connectivity index (χ0) is 16.6. The third-order valence-corrected chi connectivity index (χ3v) is 4.27. The number of carbonyl (C=O) groups excluding carboxylic acids is 2. The highest BCUT2D eigenvalue weighted by atomic mass is 32.1. The lowest BCUT2D eigenvalue weighted by molar-refractivity contribution is -0.132. The van der Waals surface area contributed by atoms with Gasteiger partial charge in [-0.25, -0.2) is 0 Å². The summed E-state index contributed by atoms with van der Waals surface area (Å²) in [6, 6.07) is 11.7. The van der Waals surface area contributed by atoms with Crippen LogP contribution in [-0.2, 0) is 9.59 Å². The maximum absolute atomic E-state index is 12.3. The van der Waals surface area contributed by atoms with Crippen LogP contribution in [0.25, 0.3) is 11.8 Å². The standard InChI is InChI=1S/C17H15N3O2S/c1-18-15(21)14(16(22)19(2)17(18)23)10-12-8-9-20(11-12)13-6-4-3-5-7-13/h3-11H,1-2H3. The summed E-state index contributed by atoms with van der Waals surface area (Å²) in [5.41, 5.74) is 1.89. The van der Waals surface area contributed by atoms with Crippen molar-refractivity contribution in [2.45, 2.75) is 0 Å². The van der Waals surface area contributed by atoms with E-state index >= 15 is 0 Å². The summed E-state index contributed by atoms with van der Waals surface area (Å²) in [6.07, 6.45) is 5.35. The first-order chi connectivity index (χ1) is 11.0. The predicted molar refractivity (Wildman–Crippen MR) is 91.9 cm³/mol. The Morgan fingerprint density at radius 3 is 2.17 bits per heavy atom. The van der Waals surface area contributed by atoms with Gasteiger partial charge in [0.25, 0.3) is 11.8 Å². The number of hydrogen-bond donors (Lipinski definition) is 0. The minimum absolute atomic E-state index is 0.106. The van der Waals surface area contributed by atoms with Gasteiger partial charge in [-0.15, -0.1) is 0 Å². The molecule has 5 nitrogen and oxygen atoms in total. The highest BCUT2D eigenvalue weighted by Gasteiger charge is 2.35. The molecule has 0 saturated carbocycles. The molecular weight excluding hydrogens is 310 g/mol. The minimum Gasteiger partial charge on any atom is -0.323 e. The van der Waals surface area contributed by atoms with Crippen molar-refractivity contribution in [3.8, 4) is 5.69 Å². The summed E-state index contributed by atoms with van der Waals surface area (Å²) in [6.45, 7) is 0. The van der Waals surface area contributed by atoms with E-state index in [0.717, 1.165) is 11.3 Å². The normalized spacial score (nSPS) is 15.4. The first-order valence-electron chi connectivity index (χ1n) is 7.04. The van der Waals surface area contributed by atoms with E-state index in [2.05, 4.69) is 0 Å². The fourth-order valence-corrected chi connectivity index (χ4v) is 2.57. The molecule has 0 aliphatic carbocycles. The molecule has 0 spiro atoms. The Labute approximate surface area is 139 Å². The Morgan fingerprint density at radius 2 is 1.57 bits per heavy atom. The van der Waals surface area contributed by atoms with Crippen LogP contribution in [0.2, 0.25) is 0 Å². The van der Waals surface area contributed by atoms with Crippen molar-refractivity contribution in [1.82, 2.24) is 14.4 Å². The molecule has 0 bridgehead atoms. The Balaban J connectivity index is 1.95. The van der Waals surface area contributed by atoms with Gasteiger partial charge in [0.1, 0.15) is 5.57 Å². The van der Waals surface area contributed by atoms with Crippen LogP contribution >= 0.6 is 12.2 Å². The van der Waals surface area contributed by atoms with E-state index in [-0.39, 0.29) is 22.5 Å². The van der Waals surface area contributed by atoms with Gasteiger partial charge in [0.15, 0.2) is 5.11 Å². The number of aromatic nitrogens is 1. The molecule has 1 aliphatic rings. The molecule has 1 aromatic heterocycles. The van der Waals surface area contributed by atoms with Gasteiger partial charge >= 0.3 is 0 Å². The lowest BCUT2D eigenvalue weighted by Crippen LogP contribution is -2.52. The van der Waals surface area contributed by atoms with Crippen LogP contribution in [0.1, 0.15) is 5.56 Å². The van der Waals surface area contributed by atoms with Crippen molar-refractivity contribution < 1.29 is 9.59 Å². The third-order valence-electron chi connectivity index (χ3n) is 3.73. The Kier molecular flexibility index (Phi) is 3.83. The van der Waals surface area contributed by atoms with Gasteiger partial charge in [-0.3, -0.25) is 19.4 Å². The topological polar surface area (TPSA) is 45.6 Å². The van der Waals surface area contributed by atoms with Crippen molar-refractivity contribution in [1.29, 1.82) is 0 Å². The molecule has 1 fully saturated rings. The molecule has 116 valence electrons. The summed E-state index contributed by atoms with van der Waals surface area (Å²) < 4.78 is 1.93. The van der Waals surface area contributed by atoms with Gasteiger partial charge < -0.3 is 4.57 Å². The minimum atomic E-state index is -0.384. The first-order valence-corrected chi connectivity index (χ1v) is 7.45. The quantitative estimate of drug-likeness (QED) is 0.482. The van der Waals surface area contributed by atoms with E-state index in [9.17, 15) is 9.59 Å². The maximum atomic E-state index is 12.3. The number of nitrogens with zero attached hydrogens (tertiary/aromatic N) is 3. The molecule has 23 heavy (non-hydrogen) atoms. The van der Waals surface area contributed by atoms with Crippen molar-refractivity contribution in [2.24, 2.45) is 0 Å². The van der Waals surface area contributed by atoms with E-state index in [0.29, 0.717) is 0 Å². The van der Waals surface area contributed by atoms with Crippen LogP contribution in [0.3, 0.4) is 0 Å². The lowest BCUT2D eigenvalue weighted by atomic mass is 10.1. The molecule has 3 rings (SSSR count). The van der Waals surface area contributed by atoms with Crippen molar-refractivity contribution in [2.75, 3.05) is 14.1 Å². The predicted octanol–water partition coefficient (Wildman–Crippen LogP) is 2.08. The summed E-state index contributed by atoms with van der Waals surface area (Å²) >= 11 is 5.07. The van der Waals surface area contributed by atoms with Crippen molar-refractivity contribution >= 4 is 35.2 Å². The number of rotatable bonds is 2. The van der Waals surface area contributed by atoms with Crippen molar-refractivity contribution in [3.63, 3.8) is 0 Å². The summed E-state index contributed by atoms with van der Waals surface area (Å²) in [5.74, 6) is -0.767.